The van der Waals surface area contributed by atoms with Gasteiger partial charge >= 0.3 is 12.1 Å². The van der Waals surface area contributed by atoms with Crippen molar-refractivity contribution in [3.63, 3.8) is 0 Å². The average Bonchev–Trinajstić information content (AvgIpc) is 3.04. The zero-order chi connectivity index (χ0) is 12.5. The molecule has 0 aromatic rings. The van der Waals surface area contributed by atoms with Crippen LogP contribution in [0.25, 0.3) is 0 Å². The largest absolute Gasteiger partial charge is 0.471 e. The number of halogens is 3. The predicted octanol–water partition coefficient (Wildman–Crippen LogP) is 1.49. The smallest absolute Gasteiger partial charge is 0.334 e. The summed E-state index contributed by atoms with van der Waals surface area (Å²) in [6.45, 7) is 2.77. The van der Waals surface area contributed by atoms with Gasteiger partial charge in [0.1, 0.15) is 0 Å². The van der Waals surface area contributed by atoms with Crippen molar-refractivity contribution < 1.29 is 18.0 Å². The minimum atomic E-state index is -4.73. The normalized spacial score (nSPS) is 23.6. The van der Waals surface area contributed by atoms with Gasteiger partial charge in [-0.2, -0.15) is 13.2 Å². The van der Waals surface area contributed by atoms with Crippen LogP contribution < -0.4 is 0 Å². The van der Waals surface area contributed by atoms with Crippen molar-refractivity contribution in [2.24, 2.45) is 5.92 Å². The van der Waals surface area contributed by atoms with Crippen molar-refractivity contribution in [1.82, 2.24) is 9.80 Å². The topological polar surface area (TPSA) is 23.6 Å². The summed E-state index contributed by atoms with van der Waals surface area (Å²) in [5.41, 5.74) is 0. The lowest BCUT2D eigenvalue weighted by atomic mass is 10.3. The molecule has 0 spiro atoms. The van der Waals surface area contributed by atoms with Crippen molar-refractivity contribution >= 4 is 5.91 Å². The van der Waals surface area contributed by atoms with E-state index in [1.807, 2.05) is 0 Å². The fraction of sp³-hybridized carbons (Fsp3) is 0.909. The summed E-state index contributed by atoms with van der Waals surface area (Å²) in [5, 5.41) is 0. The lowest BCUT2D eigenvalue weighted by Crippen LogP contribution is -2.43. The first-order chi connectivity index (χ1) is 7.97. The summed E-state index contributed by atoms with van der Waals surface area (Å²) in [6, 6.07) is 0. The molecule has 0 radical (unpaired) electrons. The van der Waals surface area contributed by atoms with E-state index >= 15 is 0 Å². The summed E-state index contributed by atoms with van der Waals surface area (Å²) in [6.07, 6.45) is -1.62. The van der Waals surface area contributed by atoms with E-state index in [2.05, 4.69) is 4.90 Å². The second-order valence-corrected chi connectivity index (χ2v) is 4.89. The van der Waals surface area contributed by atoms with E-state index in [-0.39, 0.29) is 13.1 Å². The van der Waals surface area contributed by atoms with Gasteiger partial charge in [-0.25, -0.2) is 0 Å². The molecule has 1 saturated carbocycles. The Kier molecular flexibility index (Phi) is 3.61. The molecule has 98 valence electrons. The number of hydrogen-bond donors (Lipinski definition) is 0. The highest BCUT2D eigenvalue weighted by Gasteiger charge is 2.42. The van der Waals surface area contributed by atoms with Crippen LogP contribution in [0.2, 0.25) is 0 Å². The van der Waals surface area contributed by atoms with Crippen LogP contribution in [-0.2, 0) is 4.79 Å². The van der Waals surface area contributed by atoms with E-state index < -0.39 is 12.1 Å². The molecule has 3 nitrogen and oxygen atoms in total. The van der Waals surface area contributed by atoms with Crippen LogP contribution >= 0.6 is 0 Å². The highest BCUT2D eigenvalue weighted by molar-refractivity contribution is 5.81. The van der Waals surface area contributed by atoms with Crippen LogP contribution in [0, 0.1) is 5.92 Å². The molecule has 1 amide bonds. The second-order valence-electron chi connectivity index (χ2n) is 4.89. The third-order valence-electron chi connectivity index (χ3n) is 3.33. The molecule has 1 aliphatic carbocycles. The van der Waals surface area contributed by atoms with E-state index in [0.29, 0.717) is 13.0 Å². The second kappa shape index (κ2) is 4.84. The van der Waals surface area contributed by atoms with Gasteiger partial charge in [-0.05, 0) is 31.7 Å². The minimum absolute atomic E-state index is 0.199. The van der Waals surface area contributed by atoms with E-state index in [1.165, 1.54) is 12.8 Å². The molecule has 17 heavy (non-hydrogen) atoms. The predicted molar refractivity (Wildman–Crippen MR) is 56.4 cm³/mol. The Morgan fingerprint density at radius 2 is 1.82 bits per heavy atom. The van der Waals surface area contributed by atoms with Crippen molar-refractivity contribution in [3.8, 4) is 0 Å². The van der Waals surface area contributed by atoms with Crippen LogP contribution in [-0.4, -0.2) is 54.6 Å². The molecule has 1 heterocycles. The highest BCUT2D eigenvalue weighted by atomic mass is 19.4. The summed E-state index contributed by atoms with van der Waals surface area (Å²) >= 11 is 0. The van der Waals surface area contributed by atoms with Crippen molar-refractivity contribution in [2.75, 3.05) is 32.7 Å². The van der Waals surface area contributed by atoms with Crippen molar-refractivity contribution in [1.29, 1.82) is 0 Å². The lowest BCUT2D eigenvalue weighted by Gasteiger charge is -2.22. The van der Waals surface area contributed by atoms with Gasteiger partial charge in [0.15, 0.2) is 0 Å². The maximum Gasteiger partial charge on any atom is 0.471 e. The van der Waals surface area contributed by atoms with Crippen LogP contribution in [0.1, 0.15) is 19.3 Å². The fourth-order valence-corrected chi connectivity index (χ4v) is 2.20. The van der Waals surface area contributed by atoms with E-state index in [0.717, 1.165) is 23.9 Å². The maximum atomic E-state index is 12.3. The SMILES string of the molecule is O=C(N1CCCN(CC2CC2)CC1)C(F)(F)F. The lowest BCUT2D eigenvalue weighted by molar-refractivity contribution is -0.185. The molecular formula is C11H17F3N2O. The number of carbonyl (C=O) groups is 1. The van der Waals surface area contributed by atoms with Crippen LogP contribution in [0.15, 0.2) is 0 Å². The summed E-state index contributed by atoms with van der Waals surface area (Å²) in [4.78, 5) is 14.2. The molecule has 2 fully saturated rings. The third-order valence-corrected chi connectivity index (χ3v) is 3.33. The molecule has 0 N–H and O–H groups in total. The van der Waals surface area contributed by atoms with Gasteiger partial charge in [-0.1, -0.05) is 0 Å². The molecule has 6 heteroatoms. The Balaban J connectivity index is 1.84. The minimum Gasteiger partial charge on any atom is -0.334 e. The molecule has 2 rings (SSSR count). The molecular weight excluding hydrogens is 233 g/mol. The number of rotatable bonds is 2. The standard InChI is InChI=1S/C11H17F3N2O/c12-11(13,14)10(17)16-5-1-4-15(6-7-16)8-9-2-3-9/h9H,1-8H2. The number of carbonyl (C=O) groups excluding carboxylic acids is 1. The van der Waals surface area contributed by atoms with Gasteiger partial charge in [-0.3, -0.25) is 4.79 Å². The third kappa shape index (κ3) is 3.59. The molecule has 2 aliphatic rings. The van der Waals surface area contributed by atoms with E-state index in [9.17, 15) is 18.0 Å². The number of nitrogens with zero attached hydrogens (tertiary/aromatic N) is 2. The van der Waals surface area contributed by atoms with Gasteiger partial charge in [0.05, 0.1) is 0 Å². The number of hydrogen-bond acceptors (Lipinski definition) is 2. The Morgan fingerprint density at radius 1 is 1.12 bits per heavy atom. The fourth-order valence-electron chi connectivity index (χ4n) is 2.20. The van der Waals surface area contributed by atoms with Gasteiger partial charge < -0.3 is 9.80 Å². The zero-order valence-electron chi connectivity index (χ0n) is 9.67. The Hall–Kier alpha value is -0.780. The molecule has 0 bridgehead atoms. The van der Waals surface area contributed by atoms with Crippen LogP contribution in [0.3, 0.4) is 0 Å². The van der Waals surface area contributed by atoms with Crippen molar-refractivity contribution in [3.05, 3.63) is 0 Å². The van der Waals surface area contributed by atoms with E-state index in [1.54, 1.807) is 0 Å². The molecule has 0 unspecified atom stereocenters. The number of amides is 1. The first kappa shape index (κ1) is 12.7. The van der Waals surface area contributed by atoms with Crippen molar-refractivity contribution in [2.45, 2.75) is 25.4 Å². The molecule has 0 aromatic carbocycles. The molecule has 0 aromatic heterocycles. The number of alkyl halides is 3. The highest BCUT2D eigenvalue weighted by Crippen LogP contribution is 2.30. The maximum absolute atomic E-state index is 12.3. The quantitative estimate of drug-likeness (QED) is 0.741. The monoisotopic (exact) mass is 250 g/mol. The van der Waals surface area contributed by atoms with Crippen LogP contribution in [0.5, 0.6) is 0 Å². The first-order valence-electron chi connectivity index (χ1n) is 6.05. The first-order valence-corrected chi connectivity index (χ1v) is 6.05. The molecule has 0 atom stereocenters. The zero-order valence-corrected chi connectivity index (χ0v) is 9.67. The Morgan fingerprint density at radius 3 is 2.41 bits per heavy atom. The molecule has 1 aliphatic heterocycles. The summed E-state index contributed by atoms with van der Waals surface area (Å²) in [5.74, 6) is -0.953. The average molecular weight is 250 g/mol. The van der Waals surface area contributed by atoms with Gasteiger partial charge in [0, 0.05) is 26.2 Å². The Bertz CT molecular complexity index is 289. The Labute approximate surface area is 98.6 Å². The summed E-state index contributed by atoms with van der Waals surface area (Å²) < 4.78 is 36.8. The summed E-state index contributed by atoms with van der Waals surface area (Å²) in [7, 11) is 0. The van der Waals surface area contributed by atoms with E-state index in [4.69, 9.17) is 0 Å². The van der Waals surface area contributed by atoms with Gasteiger partial charge in [0.2, 0.25) is 0 Å². The van der Waals surface area contributed by atoms with Crippen LogP contribution in [0.4, 0.5) is 13.2 Å². The van der Waals surface area contributed by atoms with Gasteiger partial charge in [-0.15, -0.1) is 0 Å². The van der Waals surface area contributed by atoms with Gasteiger partial charge in [0.25, 0.3) is 0 Å². The molecule has 1 saturated heterocycles.